The second-order valence-corrected chi connectivity index (χ2v) is 3.51. The van der Waals surface area contributed by atoms with Gasteiger partial charge in [-0.3, -0.25) is 14.9 Å². The van der Waals surface area contributed by atoms with Crippen LogP contribution in [0, 0.1) is 10.1 Å². The van der Waals surface area contributed by atoms with E-state index in [-0.39, 0.29) is 29.6 Å². The average Bonchev–Trinajstić information content (AvgIpc) is 2.43. The number of nitro groups is 1. The van der Waals surface area contributed by atoms with Crippen LogP contribution in [0.15, 0.2) is 12.1 Å². The predicted octanol–water partition coefficient (Wildman–Crippen LogP) is 0.770. The molecule has 0 unspecified atom stereocenters. The van der Waals surface area contributed by atoms with E-state index in [1.54, 1.807) is 0 Å². The van der Waals surface area contributed by atoms with Crippen LogP contribution in [0.2, 0.25) is 0 Å². The highest BCUT2D eigenvalue weighted by Gasteiger charge is 2.19. The summed E-state index contributed by atoms with van der Waals surface area (Å²) in [5.74, 6) is 0.302. The number of hydrogen-bond donors (Lipinski definition) is 2. The lowest BCUT2D eigenvalue weighted by atomic mass is 10.2. The van der Waals surface area contributed by atoms with Crippen LogP contribution in [0.4, 0.5) is 11.4 Å². The largest absolute Gasteiger partial charge is 0.493 e. The Morgan fingerprint density at radius 1 is 1.32 bits per heavy atom. The molecule has 0 spiro atoms. The summed E-state index contributed by atoms with van der Waals surface area (Å²) >= 11 is 0. The molecule has 0 saturated carbocycles. The van der Waals surface area contributed by atoms with Crippen LogP contribution in [0.1, 0.15) is 0 Å². The maximum absolute atomic E-state index is 11.1. The van der Waals surface area contributed by atoms with Crippen LogP contribution in [0.25, 0.3) is 0 Å². The number of ether oxygens (including phenoxy) is 2. The third-order valence-corrected chi connectivity index (χ3v) is 2.42. The number of carbonyl (C=O) groups is 1. The predicted molar refractivity (Wildman–Crippen MR) is 68.8 cm³/mol. The summed E-state index contributed by atoms with van der Waals surface area (Å²) in [4.78, 5) is 21.6. The topological polar surface area (TPSA) is 103 Å². The van der Waals surface area contributed by atoms with Gasteiger partial charge in [0, 0.05) is 13.1 Å². The zero-order valence-electron chi connectivity index (χ0n) is 10.9. The lowest BCUT2D eigenvalue weighted by Crippen LogP contribution is -2.26. The second-order valence-electron chi connectivity index (χ2n) is 3.51. The van der Waals surface area contributed by atoms with E-state index in [1.807, 2.05) is 0 Å². The third kappa shape index (κ3) is 3.47. The summed E-state index contributed by atoms with van der Waals surface area (Å²) in [6, 6.07) is 2.66. The van der Waals surface area contributed by atoms with Gasteiger partial charge in [0.05, 0.1) is 31.8 Å². The van der Waals surface area contributed by atoms with Crippen molar-refractivity contribution in [1.82, 2.24) is 5.32 Å². The number of anilines is 1. The van der Waals surface area contributed by atoms with Crippen LogP contribution in [-0.2, 0) is 4.79 Å². The number of hydrogen-bond acceptors (Lipinski definition) is 6. The highest BCUT2D eigenvalue weighted by atomic mass is 16.6. The first-order chi connectivity index (χ1) is 9.03. The minimum Gasteiger partial charge on any atom is -0.493 e. The maximum Gasteiger partial charge on any atom is 0.296 e. The summed E-state index contributed by atoms with van der Waals surface area (Å²) < 4.78 is 10.0. The number of methoxy groups -OCH3 is 2. The molecule has 19 heavy (non-hydrogen) atoms. The van der Waals surface area contributed by atoms with Crippen molar-refractivity contribution < 1.29 is 19.2 Å². The second kappa shape index (κ2) is 6.43. The van der Waals surface area contributed by atoms with Crippen molar-refractivity contribution in [3.8, 4) is 11.5 Å². The normalized spacial score (nSPS) is 9.63. The van der Waals surface area contributed by atoms with E-state index in [0.29, 0.717) is 5.75 Å². The van der Waals surface area contributed by atoms with E-state index < -0.39 is 4.92 Å². The number of benzene rings is 1. The first-order valence-electron chi connectivity index (χ1n) is 5.38. The van der Waals surface area contributed by atoms with Crippen molar-refractivity contribution in [1.29, 1.82) is 0 Å². The van der Waals surface area contributed by atoms with Gasteiger partial charge >= 0.3 is 0 Å². The molecule has 0 fully saturated rings. The standard InChI is InChI=1S/C11H15N3O5/c1-12-11(15)6-13-7-4-9(18-2)10(19-3)5-8(7)14(16)17/h4-5,13H,6H2,1-3H3,(H,12,15). The van der Waals surface area contributed by atoms with Crippen molar-refractivity contribution in [2.75, 3.05) is 33.1 Å². The molecule has 2 N–H and O–H groups in total. The van der Waals surface area contributed by atoms with Gasteiger partial charge in [-0.25, -0.2) is 0 Å². The van der Waals surface area contributed by atoms with Crippen LogP contribution in [0.5, 0.6) is 11.5 Å². The fourth-order valence-electron chi connectivity index (χ4n) is 1.42. The van der Waals surface area contributed by atoms with Crippen LogP contribution < -0.4 is 20.1 Å². The Bertz CT molecular complexity index is 489. The molecule has 0 aliphatic rings. The van der Waals surface area contributed by atoms with Gasteiger partial charge in [0.15, 0.2) is 11.5 Å². The fraction of sp³-hybridized carbons (Fsp3) is 0.364. The van der Waals surface area contributed by atoms with Gasteiger partial charge < -0.3 is 20.1 Å². The molecular weight excluding hydrogens is 254 g/mol. The number of carbonyl (C=O) groups excluding carboxylic acids is 1. The number of rotatable bonds is 6. The Morgan fingerprint density at radius 2 is 1.89 bits per heavy atom. The molecule has 1 amide bonds. The molecule has 104 valence electrons. The minimum absolute atomic E-state index is 0.0766. The molecule has 0 aliphatic heterocycles. The van der Waals surface area contributed by atoms with Gasteiger partial charge in [0.25, 0.3) is 5.69 Å². The van der Waals surface area contributed by atoms with E-state index in [2.05, 4.69) is 10.6 Å². The van der Waals surface area contributed by atoms with Crippen molar-refractivity contribution in [3.63, 3.8) is 0 Å². The number of nitrogens with one attached hydrogen (secondary N) is 2. The molecule has 0 bridgehead atoms. The quantitative estimate of drug-likeness (QED) is 0.584. The van der Waals surface area contributed by atoms with Crippen LogP contribution in [0.3, 0.4) is 0 Å². The summed E-state index contributed by atoms with van der Waals surface area (Å²) in [5, 5.41) is 16.1. The third-order valence-electron chi connectivity index (χ3n) is 2.42. The van der Waals surface area contributed by atoms with E-state index in [9.17, 15) is 14.9 Å². The fourth-order valence-corrected chi connectivity index (χ4v) is 1.42. The molecule has 0 aliphatic carbocycles. The molecule has 0 saturated heterocycles. The lowest BCUT2D eigenvalue weighted by molar-refractivity contribution is -0.384. The molecule has 1 aromatic rings. The zero-order valence-corrected chi connectivity index (χ0v) is 10.9. The zero-order chi connectivity index (χ0) is 14.4. The van der Waals surface area contributed by atoms with Crippen LogP contribution in [-0.4, -0.2) is 38.6 Å². The number of amides is 1. The van der Waals surface area contributed by atoms with Gasteiger partial charge in [-0.1, -0.05) is 0 Å². The van der Waals surface area contributed by atoms with Crippen molar-refractivity contribution in [3.05, 3.63) is 22.2 Å². The van der Waals surface area contributed by atoms with Crippen molar-refractivity contribution in [2.24, 2.45) is 0 Å². The highest BCUT2D eigenvalue weighted by molar-refractivity contribution is 5.82. The number of nitro benzene ring substituents is 1. The van der Waals surface area contributed by atoms with Crippen LogP contribution >= 0.6 is 0 Å². The average molecular weight is 269 g/mol. The molecular formula is C11H15N3O5. The molecule has 0 radical (unpaired) electrons. The molecule has 8 heteroatoms. The Kier molecular flexibility index (Phi) is 4.92. The maximum atomic E-state index is 11.1. The van der Waals surface area contributed by atoms with Gasteiger partial charge in [-0.05, 0) is 0 Å². The minimum atomic E-state index is -0.561. The molecule has 0 heterocycles. The Hall–Kier alpha value is -2.51. The SMILES string of the molecule is CNC(=O)CNc1cc(OC)c(OC)cc1[N+](=O)[O-]. The van der Waals surface area contributed by atoms with Gasteiger partial charge in [0.1, 0.15) is 5.69 Å². The van der Waals surface area contributed by atoms with E-state index >= 15 is 0 Å². The summed E-state index contributed by atoms with van der Waals surface area (Å²) in [6.07, 6.45) is 0. The summed E-state index contributed by atoms with van der Waals surface area (Å²) in [6.45, 7) is -0.0766. The van der Waals surface area contributed by atoms with E-state index in [1.165, 1.54) is 33.4 Å². The Balaban J connectivity index is 3.12. The molecule has 8 nitrogen and oxygen atoms in total. The molecule has 1 aromatic carbocycles. The molecule has 1 rings (SSSR count). The lowest BCUT2D eigenvalue weighted by Gasteiger charge is -2.11. The monoisotopic (exact) mass is 269 g/mol. The van der Waals surface area contributed by atoms with Crippen molar-refractivity contribution in [2.45, 2.75) is 0 Å². The van der Waals surface area contributed by atoms with Gasteiger partial charge in [0.2, 0.25) is 5.91 Å². The molecule has 0 atom stereocenters. The Morgan fingerprint density at radius 3 is 2.37 bits per heavy atom. The van der Waals surface area contributed by atoms with Crippen molar-refractivity contribution >= 4 is 17.3 Å². The highest BCUT2D eigenvalue weighted by Crippen LogP contribution is 2.37. The van der Waals surface area contributed by atoms with E-state index in [4.69, 9.17) is 9.47 Å². The van der Waals surface area contributed by atoms with Gasteiger partial charge in [-0.2, -0.15) is 0 Å². The number of nitrogens with zero attached hydrogens (tertiary/aromatic N) is 1. The van der Waals surface area contributed by atoms with Gasteiger partial charge in [-0.15, -0.1) is 0 Å². The smallest absolute Gasteiger partial charge is 0.296 e. The molecule has 0 aromatic heterocycles. The summed E-state index contributed by atoms with van der Waals surface area (Å²) in [5.41, 5.74) is -0.00666. The van der Waals surface area contributed by atoms with E-state index in [0.717, 1.165) is 0 Å². The first-order valence-corrected chi connectivity index (χ1v) is 5.38. The first kappa shape index (κ1) is 14.6. The summed E-state index contributed by atoms with van der Waals surface area (Å²) in [7, 11) is 4.29. The number of likely N-dealkylation sites (N-methyl/N-ethyl adjacent to an activating group) is 1. The Labute approximate surface area is 109 Å².